The van der Waals surface area contributed by atoms with Gasteiger partial charge in [0.2, 0.25) is 10.0 Å². The molecule has 7 nitrogen and oxygen atoms in total. The standard InChI is InChI=1S/C7H11N3O4S/c1-7(2,6(11)12)10-15(13,14)5-3-8-9-4-5/h3-4,10H,1-2H3,(H,8,9)(H,11,12). The van der Waals surface area contributed by atoms with Gasteiger partial charge in [-0.3, -0.25) is 9.89 Å². The second-order valence-electron chi connectivity index (χ2n) is 3.47. The summed E-state index contributed by atoms with van der Waals surface area (Å²) in [5, 5.41) is 14.6. The van der Waals surface area contributed by atoms with Gasteiger partial charge >= 0.3 is 5.97 Å². The number of hydrogen-bond acceptors (Lipinski definition) is 4. The predicted octanol–water partition coefficient (Wildman–Crippen LogP) is -0.449. The maximum atomic E-state index is 11.6. The third-order valence-electron chi connectivity index (χ3n) is 1.71. The van der Waals surface area contributed by atoms with Gasteiger partial charge in [0, 0.05) is 6.20 Å². The number of hydrogen-bond donors (Lipinski definition) is 3. The van der Waals surface area contributed by atoms with Crippen LogP contribution in [0.15, 0.2) is 17.3 Å². The van der Waals surface area contributed by atoms with Gasteiger partial charge in [-0.25, -0.2) is 8.42 Å². The van der Waals surface area contributed by atoms with Gasteiger partial charge in [0.25, 0.3) is 0 Å². The van der Waals surface area contributed by atoms with Gasteiger partial charge in [0.1, 0.15) is 10.4 Å². The molecule has 0 radical (unpaired) electrons. The van der Waals surface area contributed by atoms with Crippen molar-refractivity contribution in [1.29, 1.82) is 0 Å². The Morgan fingerprint density at radius 2 is 2.20 bits per heavy atom. The smallest absolute Gasteiger partial charge is 0.324 e. The highest BCUT2D eigenvalue weighted by Crippen LogP contribution is 2.11. The molecule has 0 aliphatic rings. The number of aromatic nitrogens is 2. The van der Waals surface area contributed by atoms with Gasteiger partial charge in [0.05, 0.1) is 6.20 Å². The molecule has 0 aromatic carbocycles. The number of carbonyl (C=O) groups is 1. The highest BCUT2D eigenvalue weighted by atomic mass is 32.2. The van der Waals surface area contributed by atoms with Crippen LogP contribution >= 0.6 is 0 Å². The zero-order valence-corrected chi connectivity index (χ0v) is 9.00. The van der Waals surface area contributed by atoms with Gasteiger partial charge in [-0.15, -0.1) is 0 Å². The van der Waals surface area contributed by atoms with E-state index in [2.05, 4.69) is 10.2 Å². The fourth-order valence-corrected chi connectivity index (χ4v) is 2.10. The predicted molar refractivity (Wildman–Crippen MR) is 50.6 cm³/mol. The lowest BCUT2D eigenvalue weighted by molar-refractivity contribution is -0.142. The average molecular weight is 233 g/mol. The number of H-pyrrole nitrogens is 1. The first-order valence-electron chi connectivity index (χ1n) is 4.02. The van der Waals surface area contributed by atoms with Crippen molar-refractivity contribution in [3.63, 3.8) is 0 Å². The molecule has 0 atom stereocenters. The van der Waals surface area contributed by atoms with Crippen molar-refractivity contribution in [2.24, 2.45) is 0 Å². The Kier molecular flexibility index (Phi) is 2.82. The van der Waals surface area contributed by atoms with E-state index in [1.807, 2.05) is 4.72 Å². The molecule has 0 fully saturated rings. The molecule has 1 heterocycles. The van der Waals surface area contributed by atoms with Gasteiger partial charge in [-0.1, -0.05) is 0 Å². The zero-order valence-electron chi connectivity index (χ0n) is 8.18. The number of carboxylic acid groups (broad SMARTS) is 1. The minimum Gasteiger partial charge on any atom is -0.480 e. The van der Waals surface area contributed by atoms with Crippen LogP contribution in [-0.4, -0.2) is 35.2 Å². The van der Waals surface area contributed by atoms with Crippen LogP contribution in [0.2, 0.25) is 0 Å². The van der Waals surface area contributed by atoms with Crippen LogP contribution in [0.3, 0.4) is 0 Å². The Morgan fingerprint density at radius 3 is 2.60 bits per heavy atom. The lowest BCUT2D eigenvalue weighted by Gasteiger charge is -2.19. The van der Waals surface area contributed by atoms with Crippen molar-refractivity contribution in [2.75, 3.05) is 0 Å². The molecule has 1 aromatic heterocycles. The fraction of sp³-hybridized carbons (Fsp3) is 0.429. The first-order chi connectivity index (χ1) is 6.76. The quantitative estimate of drug-likeness (QED) is 0.652. The lowest BCUT2D eigenvalue weighted by atomic mass is 10.1. The third-order valence-corrected chi connectivity index (χ3v) is 3.33. The van der Waals surface area contributed by atoms with E-state index in [-0.39, 0.29) is 4.90 Å². The number of nitrogens with one attached hydrogen (secondary N) is 2. The summed E-state index contributed by atoms with van der Waals surface area (Å²) < 4.78 is 25.2. The van der Waals surface area contributed by atoms with E-state index < -0.39 is 21.5 Å². The highest BCUT2D eigenvalue weighted by Gasteiger charge is 2.33. The summed E-state index contributed by atoms with van der Waals surface area (Å²) >= 11 is 0. The summed E-state index contributed by atoms with van der Waals surface area (Å²) in [6.45, 7) is 2.51. The summed E-state index contributed by atoms with van der Waals surface area (Å²) in [6.07, 6.45) is 2.26. The Bertz CT molecular complexity index is 449. The van der Waals surface area contributed by atoms with Gasteiger partial charge in [-0.05, 0) is 13.8 Å². The Hall–Kier alpha value is -1.41. The summed E-state index contributed by atoms with van der Waals surface area (Å²) in [5.41, 5.74) is -1.56. The van der Waals surface area contributed by atoms with Gasteiger partial charge in [-0.2, -0.15) is 9.82 Å². The molecule has 15 heavy (non-hydrogen) atoms. The van der Waals surface area contributed by atoms with E-state index in [1.165, 1.54) is 20.0 Å². The number of carboxylic acids is 1. The Balaban J connectivity index is 2.97. The van der Waals surface area contributed by atoms with E-state index in [0.29, 0.717) is 0 Å². The molecule has 84 valence electrons. The summed E-state index contributed by atoms with van der Waals surface area (Å²) in [6, 6.07) is 0. The first kappa shape index (κ1) is 11.7. The summed E-state index contributed by atoms with van der Waals surface area (Å²) in [7, 11) is -3.84. The molecule has 1 rings (SSSR count). The van der Waals surface area contributed by atoms with Crippen LogP contribution in [0.5, 0.6) is 0 Å². The van der Waals surface area contributed by atoms with Crippen LogP contribution in [0.1, 0.15) is 13.8 Å². The molecule has 0 unspecified atom stereocenters. The van der Waals surface area contributed by atoms with E-state index in [9.17, 15) is 13.2 Å². The summed E-state index contributed by atoms with van der Waals surface area (Å²) in [5.74, 6) is -1.26. The molecule has 0 saturated heterocycles. The van der Waals surface area contributed by atoms with Crippen molar-refractivity contribution in [2.45, 2.75) is 24.3 Å². The van der Waals surface area contributed by atoms with E-state index in [0.717, 1.165) is 6.20 Å². The largest absolute Gasteiger partial charge is 0.480 e. The van der Waals surface area contributed by atoms with Crippen molar-refractivity contribution in [1.82, 2.24) is 14.9 Å². The van der Waals surface area contributed by atoms with Crippen molar-refractivity contribution in [3.05, 3.63) is 12.4 Å². The number of aromatic amines is 1. The molecule has 0 aliphatic heterocycles. The van der Waals surface area contributed by atoms with Crippen LogP contribution in [0, 0.1) is 0 Å². The zero-order chi connectivity index (χ0) is 11.7. The normalized spacial score (nSPS) is 12.7. The maximum absolute atomic E-state index is 11.6. The van der Waals surface area contributed by atoms with Gasteiger partial charge < -0.3 is 5.11 Å². The van der Waals surface area contributed by atoms with Crippen LogP contribution in [0.4, 0.5) is 0 Å². The monoisotopic (exact) mass is 233 g/mol. The van der Waals surface area contributed by atoms with E-state index >= 15 is 0 Å². The highest BCUT2D eigenvalue weighted by molar-refractivity contribution is 7.89. The topological polar surface area (TPSA) is 112 Å². The lowest BCUT2D eigenvalue weighted by Crippen LogP contribution is -2.49. The number of sulfonamides is 1. The van der Waals surface area contributed by atoms with Crippen LogP contribution < -0.4 is 4.72 Å². The second kappa shape index (κ2) is 3.63. The molecule has 0 spiro atoms. The number of nitrogens with zero attached hydrogens (tertiary/aromatic N) is 1. The van der Waals surface area contributed by atoms with Gasteiger partial charge in [0.15, 0.2) is 0 Å². The number of aliphatic carboxylic acids is 1. The molecule has 0 amide bonds. The second-order valence-corrected chi connectivity index (χ2v) is 5.15. The van der Waals surface area contributed by atoms with Crippen LogP contribution in [0.25, 0.3) is 0 Å². The minimum atomic E-state index is -3.84. The van der Waals surface area contributed by atoms with Crippen molar-refractivity contribution >= 4 is 16.0 Å². The van der Waals surface area contributed by atoms with E-state index in [1.54, 1.807) is 0 Å². The fourth-order valence-electron chi connectivity index (χ4n) is 0.824. The molecule has 0 aliphatic carbocycles. The molecule has 8 heteroatoms. The molecular weight excluding hydrogens is 222 g/mol. The summed E-state index contributed by atoms with van der Waals surface area (Å²) in [4.78, 5) is 10.6. The molecule has 3 N–H and O–H groups in total. The molecule has 0 bridgehead atoms. The Labute approximate surface area is 86.6 Å². The van der Waals surface area contributed by atoms with Crippen molar-refractivity contribution in [3.8, 4) is 0 Å². The maximum Gasteiger partial charge on any atom is 0.324 e. The van der Waals surface area contributed by atoms with E-state index in [4.69, 9.17) is 5.11 Å². The van der Waals surface area contributed by atoms with Crippen molar-refractivity contribution < 1.29 is 18.3 Å². The Morgan fingerprint density at radius 1 is 1.60 bits per heavy atom. The molecular formula is C7H11N3O4S. The minimum absolute atomic E-state index is 0.100. The first-order valence-corrected chi connectivity index (χ1v) is 5.50. The molecule has 0 saturated carbocycles. The SMILES string of the molecule is CC(C)(NS(=O)(=O)c1cn[nH]c1)C(=O)O. The third kappa shape index (κ3) is 2.54. The average Bonchev–Trinajstić information content (AvgIpc) is 2.53. The number of rotatable bonds is 4. The van der Waals surface area contributed by atoms with Crippen LogP contribution in [-0.2, 0) is 14.8 Å². The molecule has 1 aromatic rings.